The summed E-state index contributed by atoms with van der Waals surface area (Å²) in [6.07, 6.45) is 8.73. The molecular weight excluding hydrogens is 478 g/mol. The van der Waals surface area contributed by atoms with Crippen LogP contribution in [-0.2, 0) is 0 Å². The first-order valence-corrected chi connectivity index (χ1v) is 22.3. The van der Waals surface area contributed by atoms with Crippen molar-refractivity contribution in [1.29, 1.82) is 0 Å². The van der Waals surface area contributed by atoms with Crippen molar-refractivity contribution in [2.24, 2.45) is 0 Å². The Bertz CT molecular complexity index is 476. The number of pyridine rings is 2. The van der Waals surface area contributed by atoms with Crippen molar-refractivity contribution in [3.63, 3.8) is 0 Å². The van der Waals surface area contributed by atoms with Gasteiger partial charge in [0.15, 0.2) is 0 Å². The van der Waals surface area contributed by atoms with Gasteiger partial charge in [-0.3, -0.25) is 9.97 Å². The Morgan fingerprint density at radius 1 is 0.870 bits per heavy atom. The summed E-state index contributed by atoms with van der Waals surface area (Å²) < 4.78 is 2.60. The summed E-state index contributed by atoms with van der Waals surface area (Å²) in [4.78, 5) is 8.37. The molecule has 0 bridgehead atoms. The fraction of sp³-hybridized carbons (Fsp3) is 0.444. The number of rotatable bonds is 7. The first-order chi connectivity index (χ1) is 11.1. The van der Waals surface area contributed by atoms with Crippen LogP contribution in [0.3, 0.4) is 0 Å². The van der Waals surface area contributed by atoms with E-state index in [-0.39, 0.29) is 0 Å². The van der Waals surface area contributed by atoms with Crippen LogP contribution in [0.2, 0.25) is 8.87 Å². The standard InChI is InChI=1S/C10H8N2.2C4H9.BrH.ClH.Sn/c1-3-7-11-9(5-1)10-6-2-4-8-12-10;2*1-3-4-2;;;/h1-8H;2*1,3-4H2,2H3;2*1H;/q;;;;;+2/p-2. The van der Waals surface area contributed by atoms with Crippen molar-refractivity contribution >= 4 is 36.7 Å². The first kappa shape index (κ1) is 20.9. The van der Waals surface area contributed by atoms with E-state index in [2.05, 4.69) is 36.5 Å². The molecule has 0 spiro atoms. The Morgan fingerprint density at radius 2 is 1.30 bits per heavy atom. The van der Waals surface area contributed by atoms with E-state index >= 15 is 0 Å². The van der Waals surface area contributed by atoms with Gasteiger partial charge in [0.1, 0.15) is 0 Å². The second kappa shape index (κ2) is 12.3. The number of halogens is 2. The summed E-state index contributed by atoms with van der Waals surface area (Å²) in [5.74, 6) is 0. The molecule has 0 unspecified atom stereocenters. The zero-order chi connectivity index (χ0) is 17.0. The Kier molecular flexibility index (Phi) is 11.1. The van der Waals surface area contributed by atoms with Crippen LogP contribution in [0.1, 0.15) is 39.5 Å². The van der Waals surface area contributed by atoms with Gasteiger partial charge in [-0.15, -0.1) is 0 Å². The van der Waals surface area contributed by atoms with Gasteiger partial charge in [-0.05, 0) is 24.3 Å². The zero-order valence-electron chi connectivity index (χ0n) is 14.0. The Hall–Kier alpha value is -0.131. The fourth-order valence-electron chi connectivity index (χ4n) is 2.02. The van der Waals surface area contributed by atoms with Gasteiger partial charge in [0.05, 0.1) is 11.4 Å². The van der Waals surface area contributed by atoms with Gasteiger partial charge in [-0.25, -0.2) is 0 Å². The third kappa shape index (κ3) is 9.68. The molecule has 0 aliphatic rings. The van der Waals surface area contributed by atoms with Crippen LogP contribution in [0.5, 0.6) is 0 Å². The average Bonchev–Trinajstić information content (AvgIpc) is 2.60. The molecule has 5 heteroatoms. The van der Waals surface area contributed by atoms with Crippen LogP contribution in [0.25, 0.3) is 11.4 Å². The van der Waals surface area contributed by atoms with Crippen molar-refractivity contribution in [2.75, 3.05) is 0 Å². The number of aromatic nitrogens is 2. The van der Waals surface area contributed by atoms with Crippen LogP contribution in [0, 0.1) is 0 Å². The minimum Gasteiger partial charge on any atom is -0.255 e. The molecule has 0 saturated heterocycles. The molecule has 2 heterocycles. The molecule has 0 aliphatic heterocycles. The molecule has 0 saturated carbocycles. The number of nitrogens with zero attached hydrogens (tertiary/aromatic N) is 2. The predicted octanol–water partition coefficient (Wildman–Crippen LogP) is 6.81. The maximum absolute atomic E-state index is 6.42. The Balaban J connectivity index is 0.000000232. The van der Waals surface area contributed by atoms with Crippen molar-refractivity contribution in [3.8, 4) is 11.4 Å². The molecule has 0 N–H and O–H groups in total. The summed E-state index contributed by atoms with van der Waals surface area (Å²) in [5, 5.41) is 0. The molecule has 2 aromatic rings. The van der Waals surface area contributed by atoms with E-state index in [9.17, 15) is 0 Å². The van der Waals surface area contributed by atoms with Crippen molar-refractivity contribution in [1.82, 2.24) is 9.97 Å². The predicted molar refractivity (Wildman–Crippen MR) is 107 cm³/mol. The minimum absolute atomic E-state index is 0.915. The molecule has 0 fully saturated rings. The van der Waals surface area contributed by atoms with Crippen LogP contribution in [-0.4, -0.2) is 25.0 Å². The second-order valence-corrected chi connectivity index (χ2v) is 31.3. The van der Waals surface area contributed by atoms with Crippen molar-refractivity contribution in [3.05, 3.63) is 48.8 Å². The number of hydrogen-bond acceptors (Lipinski definition) is 2. The summed E-state index contributed by atoms with van der Waals surface area (Å²) in [5.41, 5.74) is 1.83. The van der Waals surface area contributed by atoms with E-state index in [4.69, 9.17) is 8.92 Å². The minimum atomic E-state index is -2.15. The van der Waals surface area contributed by atoms with Gasteiger partial charge in [0.2, 0.25) is 0 Å². The second-order valence-electron chi connectivity index (χ2n) is 5.49. The van der Waals surface area contributed by atoms with Crippen LogP contribution < -0.4 is 0 Å². The SMILES string of the molecule is CCC[CH2][Sn]([Cl])([Br])[CH2]CCC.c1ccc(-c2ccccn2)nc1. The quantitative estimate of drug-likeness (QED) is 0.388. The van der Waals surface area contributed by atoms with E-state index in [0.717, 1.165) is 11.4 Å². The van der Waals surface area contributed by atoms with Crippen LogP contribution >= 0.6 is 21.6 Å². The van der Waals surface area contributed by atoms with E-state index in [1.807, 2.05) is 36.4 Å². The first-order valence-electron chi connectivity index (χ1n) is 8.29. The van der Waals surface area contributed by atoms with E-state index in [1.54, 1.807) is 12.4 Å². The van der Waals surface area contributed by atoms with Crippen molar-refractivity contribution < 1.29 is 0 Å². The van der Waals surface area contributed by atoms with Gasteiger partial charge in [-0.2, -0.15) is 0 Å². The third-order valence-electron chi connectivity index (χ3n) is 3.38. The van der Waals surface area contributed by atoms with Gasteiger partial charge in [0, 0.05) is 12.4 Å². The third-order valence-corrected chi connectivity index (χ3v) is 17.4. The van der Waals surface area contributed by atoms with Gasteiger partial charge < -0.3 is 0 Å². The largest absolute Gasteiger partial charge is 0.255 e. The number of unbranched alkanes of at least 4 members (excludes halogenated alkanes) is 2. The summed E-state index contributed by atoms with van der Waals surface area (Å²) in [6, 6.07) is 11.6. The summed E-state index contributed by atoms with van der Waals surface area (Å²) in [6.45, 7) is 4.46. The maximum Gasteiger partial charge on any atom is 0.0886 e. The normalized spacial score (nSPS) is 10.8. The molecule has 2 aromatic heterocycles. The van der Waals surface area contributed by atoms with Crippen LogP contribution in [0.4, 0.5) is 0 Å². The van der Waals surface area contributed by atoms with Gasteiger partial charge in [0.25, 0.3) is 0 Å². The topological polar surface area (TPSA) is 25.8 Å². The Labute approximate surface area is 154 Å². The smallest absolute Gasteiger partial charge is 0.0886 e. The molecular formula is C18H26BrClN2Sn. The molecule has 0 radical (unpaired) electrons. The fourth-order valence-corrected chi connectivity index (χ4v) is 13.3. The molecule has 23 heavy (non-hydrogen) atoms. The molecule has 0 aliphatic carbocycles. The molecule has 0 amide bonds. The van der Waals surface area contributed by atoms with Gasteiger partial charge in [-0.1, -0.05) is 12.1 Å². The average molecular weight is 504 g/mol. The summed E-state index contributed by atoms with van der Waals surface area (Å²) >= 11 is 1.61. The Morgan fingerprint density at radius 3 is 1.61 bits per heavy atom. The zero-order valence-corrected chi connectivity index (χ0v) is 19.2. The number of hydrogen-bond donors (Lipinski definition) is 0. The molecule has 0 aromatic carbocycles. The molecule has 2 nitrogen and oxygen atoms in total. The summed E-state index contributed by atoms with van der Waals surface area (Å²) in [7, 11) is 6.42. The van der Waals surface area contributed by atoms with Crippen LogP contribution in [0.15, 0.2) is 48.8 Å². The molecule has 126 valence electrons. The van der Waals surface area contributed by atoms with E-state index < -0.39 is 15.0 Å². The molecule has 2 rings (SSSR count). The maximum atomic E-state index is 6.42. The van der Waals surface area contributed by atoms with E-state index in [0.29, 0.717) is 0 Å². The molecule has 0 atom stereocenters. The van der Waals surface area contributed by atoms with Gasteiger partial charge >= 0.3 is 85.1 Å². The van der Waals surface area contributed by atoms with E-state index in [1.165, 1.54) is 34.6 Å². The monoisotopic (exact) mass is 504 g/mol. The van der Waals surface area contributed by atoms with Crippen molar-refractivity contribution in [2.45, 2.75) is 48.4 Å².